The molecule has 1 heterocycles. The first kappa shape index (κ1) is 8.82. The Bertz CT molecular complexity index is 275. The highest BCUT2D eigenvalue weighted by atomic mass is 16.3. The first-order valence-corrected chi connectivity index (χ1v) is 5.13. The molecule has 1 saturated carbocycles. The SMILES string of the molecule is CCc1occc1[C@@H](N)CC1CC1. The van der Waals surface area contributed by atoms with Crippen LogP contribution in [0.3, 0.4) is 0 Å². The van der Waals surface area contributed by atoms with Gasteiger partial charge in [-0.05, 0) is 18.4 Å². The largest absolute Gasteiger partial charge is 0.469 e. The van der Waals surface area contributed by atoms with Crippen molar-refractivity contribution in [2.45, 2.75) is 38.6 Å². The Hall–Kier alpha value is -0.760. The minimum atomic E-state index is 0.196. The second kappa shape index (κ2) is 3.54. The molecule has 0 unspecified atom stereocenters. The van der Waals surface area contributed by atoms with E-state index in [4.69, 9.17) is 10.2 Å². The van der Waals surface area contributed by atoms with Gasteiger partial charge in [0.05, 0.1) is 6.26 Å². The normalized spacial score (nSPS) is 18.9. The van der Waals surface area contributed by atoms with Crippen LogP contribution in [-0.2, 0) is 6.42 Å². The van der Waals surface area contributed by atoms with E-state index in [1.165, 1.54) is 18.4 Å². The van der Waals surface area contributed by atoms with Gasteiger partial charge < -0.3 is 10.2 Å². The van der Waals surface area contributed by atoms with Gasteiger partial charge in [-0.3, -0.25) is 0 Å². The Labute approximate surface area is 79.1 Å². The molecule has 1 aromatic heterocycles. The Kier molecular flexibility index (Phi) is 2.40. The summed E-state index contributed by atoms with van der Waals surface area (Å²) in [6, 6.07) is 2.22. The summed E-state index contributed by atoms with van der Waals surface area (Å²) in [5, 5.41) is 0. The maximum atomic E-state index is 6.10. The minimum Gasteiger partial charge on any atom is -0.469 e. The molecule has 1 fully saturated rings. The van der Waals surface area contributed by atoms with Crippen LogP contribution in [0.25, 0.3) is 0 Å². The highest BCUT2D eigenvalue weighted by Crippen LogP contribution is 2.37. The summed E-state index contributed by atoms with van der Waals surface area (Å²) in [6.07, 6.45) is 6.56. The van der Waals surface area contributed by atoms with Crippen molar-refractivity contribution in [3.8, 4) is 0 Å². The molecule has 0 bridgehead atoms. The fraction of sp³-hybridized carbons (Fsp3) is 0.636. The fourth-order valence-electron chi connectivity index (χ4n) is 1.81. The average molecular weight is 179 g/mol. The molecule has 0 radical (unpaired) electrons. The number of hydrogen-bond acceptors (Lipinski definition) is 2. The van der Waals surface area contributed by atoms with Crippen LogP contribution in [0.2, 0.25) is 0 Å². The van der Waals surface area contributed by atoms with Crippen LogP contribution in [0.1, 0.15) is 43.6 Å². The van der Waals surface area contributed by atoms with E-state index in [9.17, 15) is 0 Å². The van der Waals surface area contributed by atoms with Crippen LogP contribution in [-0.4, -0.2) is 0 Å². The lowest BCUT2D eigenvalue weighted by molar-refractivity contribution is 0.498. The van der Waals surface area contributed by atoms with Gasteiger partial charge in [-0.2, -0.15) is 0 Å². The summed E-state index contributed by atoms with van der Waals surface area (Å²) in [6.45, 7) is 2.10. The lowest BCUT2D eigenvalue weighted by Gasteiger charge is -2.09. The molecule has 13 heavy (non-hydrogen) atoms. The molecular formula is C11H17NO. The van der Waals surface area contributed by atoms with Crippen LogP contribution < -0.4 is 5.73 Å². The molecule has 0 aliphatic heterocycles. The zero-order chi connectivity index (χ0) is 9.26. The molecular weight excluding hydrogens is 162 g/mol. The van der Waals surface area contributed by atoms with Crippen molar-refractivity contribution in [3.63, 3.8) is 0 Å². The molecule has 0 saturated heterocycles. The predicted molar refractivity (Wildman–Crippen MR) is 52.4 cm³/mol. The van der Waals surface area contributed by atoms with Crippen LogP contribution >= 0.6 is 0 Å². The highest BCUT2D eigenvalue weighted by molar-refractivity contribution is 5.21. The van der Waals surface area contributed by atoms with Crippen LogP contribution in [0.4, 0.5) is 0 Å². The molecule has 1 aliphatic carbocycles. The van der Waals surface area contributed by atoms with Gasteiger partial charge in [-0.1, -0.05) is 19.8 Å². The zero-order valence-electron chi connectivity index (χ0n) is 8.12. The van der Waals surface area contributed by atoms with Crippen molar-refractivity contribution in [2.75, 3.05) is 0 Å². The predicted octanol–water partition coefficient (Wildman–Crippen LogP) is 2.64. The summed E-state index contributed by atoms with van der Waals surface area (Å²) in [7, 11) is 0. The number of aryl methyl sites for hydroxylation is 1. The van der Waals surface area contributed by atoms with Crippen LogP contribution in [0, 0.1) is 5.92 Å². The van der Waals surface area contributed by atoms with Gasteiger partial charge in [0.1, 0.15) is 5.76 Å². The van der Waals surface area contributed by atoms with E-state index >= 15 is 0 Å². The van der Waals surface area contributed by atoms with E-state index in [1.54, 1.807) is 6.26 Å². The first-order valence-electron chi connectivity index (χ1n) is 5.13. The molecule has 0 spiro atoms. The molecule has 2 heteroatoms. The monoisotopic (exact) mass is 179 g/mol. The van der Waals surface area contributed by atoms with E-state index in [0.717, 1.165) is 24.5 Å². The summed E-state index contributed by atoms with van der Waals surface area (Å²) in [4.78, 5) is 0. The number of rotatable bonds is 4. The Morgan fingerprint density at radius 1 is 1.62 bits per heavy atom. The Balaban J connectivity index is 2.04. The Morgan fingerprint density at radius 2 is 2.38 bits per heavy atom. The van der Waals surface area contributed by atoms with Crippen LogP contribution in [0.15, 0.2) is 16.7 Å². The summed E-state index contributed by atoms with van der Waals surface area (Å²) >= 11 is 0. The summed E-state index contributed by atoms with van der Waals surface area (Å²) < 4.78 is 5.36. The molecule has 1 atom stereocenters. The highest BCUT2D eigenvalue weighted by Gasteiger charge is 2.25. The lowest BCUT2D eigenvalue weighted by Crippen LogP contribution is -2.11. The van der Waals surface area contributed by atoms with Gasteiger partial charge in [0.25, 0.3) is 0 Å². The van der Waals surface area contributed by atoms with E-state index in [2.05, 4.69) is 6.92 Å². The maximum absolute atomic E-state index is 6.10. The van der Waals surface area contributed by atoms with E-state index in [1.807, 2.05) is 6.07 Å². The third kappa shape index (κ3) is 1.94. The average Bonchev–Trinajstić information content (AvgIpc) is 2.82. The van der Waals surface area contributed by atoms with E-state index in [-0.39, 0.29) is 6.04 Å². The van der Waals surface area contributed by atoms with Crippen LogP contribution in [0.5, 0.6) is 0 Å². The minimum absolute atomic E-state index is 0.196. The lowest BCUT2D eigenvalue weighted by atomic mass is 10.0. The second-order valence-corrected chi connectivity index (χ2v) is 3.94. The van der Waals surface area contributed by atoms with Crippen molar-refractivity contribution in [1.29, 1.82) is 0 Å². The van der Waals surface area contributed by atoms with Gasteiger partial charge >= 0.3 is 0 Å². The van der Waals surface area contributed by atoms with Crippen molar-refractivity contribution in [3.05, 3.63) is 23.7 Å². The summed E-state index contributed by atoms with van der Waals surface area (Å²) in [5.41, 5.74) is 7.31. The number of hydrogen-bond donors (Lipinski definition) is 1. The molecule has 0 aromatic carbocycles. The zero-order valence-corrected chi connectivity index (χ0v) is 8.12. The van der Waals surface area contributed by atoms with Gasteiger partial charge in [0, 0.05) is 18.0 Å². The molecule has 2 rings (SSSR count). The quantitative estimate of drug-likeness (QED) is 0.771. The fourth-order valence-corrected chi connectivity index (χ4v) is 1.81. The molecule has 72 valence electrons. The molecule has 2 N–H and O–H groups in total. The van der Waals surface area contributed by atoms with Crippen molar-refractivity contribution in [1.82, 2.24) is 0 Å². The maximum Gasteiger partial charge on any atom is 0.108 e. The van der Waals surface area contributed by atoms with Gasteiger partial charge in [-0.15, -0.1) is 0 Å². The van der Waals surface area contributed by atoms with Crippen molar-refractivity contribution < 1.29 is 4.42 Å². The Morgan fingerprint density at radius 3 is 3.00 bits per heavy atom. The summed E-state index contributed by atoms with van der Waals surface area (Å²) in [5.74, 6) is 1.95. The molecule has 1 aliphatic rings. The second-order valence-electron chi connectivity index (χ2n) is 3.94. The molecule has 2 nitrogen and oxygen atoms in total. The van der Waals surface area contributed by atoms with Gasteiger partial charge in [0.15, 0.2) is 0 Å². The van der Waals surface area contributed by atoms with E-state index in [0.29, 0.717) is 0 Å². The van der Waals surface area contributed by atoms with Crippen molar-refractivity contribution >= 4 is 0 Å². The van der Waals surface area contributed by atoms with Gasteiger partial charge in [-0.25, -0.2) is 0 Å². The van der Waals surface area contributed by atoms with E-state index < -0.39 is 0 Å². The first-order chi connectivity index (χ1) is 6.31. The number of nitrogens with two attached hydrogens (primary N) is 1. The third-order valence-corrected chi connectivity index (χ3v) is 2.78. The topological polar surface area (TPSA) is 39.2 Å². The number of furan rings is 1. The third-order valence-electron chi connectivity index (χ3n) is 2.78. The van der Waals surface area contributed by atoms with Crippen molar-refractivity contribution in [2.24, 2.45) is 11.7 Å². The smallest absolute Gasteiger partial charge is 0.108 e. The standard InChI is InChI=1S/C11H17NO/c1-2-11-9(5-6-13-11)10(12)7-8-3-4-8/h5-6,8,10H,2-4,7,12H2,1H3/t10-/m0/s1. The molecule has 0 amide bonds. The van der Waals surface area contributed by atoms with Gasteiger partial charge in [0.2, 0.25) is 0 Å². The molecule has 1 aromatic rings.